The summed E-state index contributed by atoms with van der Waals surface area (Å²) in [6, 6.07) is 7.70. The number of amides is 1. The van der Waals surface area contributed by atoms with Gasteiger partial charge in [-0.3, -0.25) is 0 Å². The number of ether oxygens (including phenoxy) is 1. The molecule has 1 heterocycles. The van der Waals surface area contributed by atoms with E-state index in [-0.39, 0.29) is 0 Å². The molecule has 1 aromatic heterocycles. The summed E-state index contributed by atoms with van der Waals surface area (Å²) in [6.45, 7) is 3.99. The lowest BCUT2D eigenvalue weighted by Crippen LogP contribution is -2.25. The summed E-state index contributed by atoms with van der Waals surface area (Å²) in [6.07, 6.45) is -0.501. The molecule has 0 bridgehead atoms. The van der Waals surface area contributed by atoms with Crippen molar-refractivity contribution in [3.63, 3.8) is 0 Å². The number of carbonyl (C=O) groups is 1. The molecule has 1 amide bonds. The normalized spacial score (nSPS) is 10.4. The first kappa shape index (κ1) is 10.5. The number of hydrogen-bond donors (Lipinski definition) is 1. The van der Waals surface area contributed by atoms with Gasteiger partial charge in [0.2, 0.25) is 0 Å². The van der Waals surface area contributed by atoms with E-state index in [2.05, 4.69) is 10.5 Å². The summed E-state index contributed by atoms with van der Waals surface area (Å²) in [5.74, 6) is 0. The monoisotopic (exact) mass is 219 g/mol. The van der Waals surface area contributed by atoms with Crippen LogP contribution in [-0.2, 0) is 4.74 Å². The van der Waals surface area contributed by atoms with Gasteiger partial charge in [0, 0.05) is 5.39 Å². The predicted octanol–water partition coefficient (Wildman–Crippen LogP) is 2.04. The molecular formula is C11H13N3O2. The van der Waals surface area contributed by atoms with Crippen molar-refractivity contribution in [2.75, 3.05) is 12.0 Å². The second kappa shape index (κ2) is 4.22. The Morgan fingerprint density at radius 3 is 2.94 bits per heavy atom. The van der Waals surface area contributed by atoms with Crippen LogP contribution < -0.4 is 5.43 Å². The lowest BCUT2D eigenvalue weighted by Gasteiger charge is -2.05. The van der Waals surface area contributed by atoms with Crippen LogP contribution in [0.4, 0.5) is 4.79 Å². The first-order valence-electron chi connectivity index (χ1n) is 5.10. The third-order valence-electron chi connectivity index (χ3n) is 2.29. The minimum absolute atomic E-state index is 0.339. The van der Waals surface area contributed by atoms with E-state index >= 15 is 0 Å². The van der Waals surface area contributed by atoms with E-state index in [1.807, 2.05) is 31.2 Å². The zero-order chi connectivity index (χ0) is 11.5. The van der Waals surface area contributed by atoms with Crippen LogP contribution in [-0.4, -0.2) is 22.6 Å². The van der Waals surface area contributed by atoms with E-state index < -0.39 is 6.09 Å². The highest BCUT2D eigenvalue weighted by atomic mass is 16.6. The molecule has 0 fully saturated rings. The molecule has 0 unspecified atom stereocenters. The molecule has 0 aliphatic carbocycles. The molecule has 84 valence electrons. The molecule has 1 aromatic carbocycles. The number of rotatable bonds is 2. The third-order valence-corrected chi connectivity index (χ3v) is 2.29. The average molecular weight is 219 g/mol. The highest BCUT2D eigenvalue weighted by Crippen LogP contribution is 2.15. The van der Waals surface area contributed by atoms with Gasteiger partial charge in [-0.05, 0) is 19.9 Å². The first-order chi connectivity index (χ1) is 7.72. The van der Waals surface area contributed by atoms with Crippen LogP contribution in [0.2, 0.25) is 0 Å². The molecule has 0 spiro atoms. The molecule has 2 aromatic rings. The van der Waals surface area contributed by atoms with E-state index in [4.69, 9.17) is 4.74 Å². The van der Waals surface area contributed by atoms with Crippen molar-refractivity contribution in [3.8, 4) is 0 Å². The molecule has 0 aliphatic rings. The van der Waals surface area contributed by atoms with Gasteiger partial charge in [-0.2, -0.15) is 9.89 Å². The van der Waals surface area contributed by atoms with Crippen LogP contribution in [0.15, 0.2) is 24.3 Å². The number of carbonyl (C=O) groups excluding carboxylic acids is 1. The van der Waals surface area contributed by atoms with Crippen molar-refractivity contribution in [3.05, 3.63) is 30.0 Å². The number of nitrogens with zero attached hydrogens (tertiary/aromatic N) is 2. The minimum Gasteiger partial charge on any atom is -0.449 e. The second-order valence-corrected chi connectivity index (χ2v) is 3.35. The van der Waals surface area contributed by atoms with Crippen molar-refractivity contribution in [2.24, 2.45) is 0 Å². The van der Waals surface area contributed by atoms with Gasteiger partial charge in [0.15, 0.2) is 0 Å². The zero-order valence-electron chi connectivity index (χ0n) is 9.23. The Labute approximate surface area is 93.0 Å². The fraction of sp³-hybridized carbons (Fsp3) is 0.273. The zero-order valence-corrected chi connectivity index (χ0v) is 9.23. The maximum Gasteiger partial charge on any atom is 0.427 e. The number of benzene rings is 1. The highest BCUT2D eigenvalue weighted by molar-refractivity contribution is 5.83. The fourth-order valence-electron chi connectivity index (χ4n) is 1.52. The molecule has 5 heteroatoms. The molecular weight excluding hydrogens is 206 g/mol. The molecule has 2 rings (SSSR count). The van der Waals surface area contributed by atoms with Gasteiger partial charge in [0.25, 0.3) is 0 Å². The van der Waals surface area contributed by atoms with Gasteiger partial charge in [-0.1, -0.05) is 18.2 Å². The minimum atomic E-state index is -0.501. The Morgan fingerprint density at radius 1 is 1.50 bits per heavy atom. The number of aromatic nitrogens is 2. The first-order valence-corrected chi connectivity index (χ1v) is 5.10. The van der Waals surface area contributed by atoms with Gasteiger partial charge in [0.05, 0.1) is 17.8 Å². The summed E-state index contributed by atoms with van der Waals surface area (Å²) >= 11 is 0. The second-order valence-electron chi connectivity index (χ2n) is 3.35. The number of nitrogens with one attached hydrogen (secondary N) is 1. The molecule has 16 heavy (non-hydrogen) atoms. The third kappa shape index (κ3) is 1.84. The molecule has 0 atom stereocenters. The van der Waals surface area contributed by atoms with E-state index in [0.717, 1.165) is 16.6 Å². The van der Waals surface area contributed by atoms with Crippen LogP contribution in [0.1, 0.15) is 12.6 Å². The molecule has 0 saturated carbocycles. The lowest BCUT2D eigenvalue weighted by molar-refractivity contribution is 0.163. The fourth-order valence-corrected chi connectivity index (χ4v) is 1.52. The van der Waals surface area contributed by atoms with E-state index in [1.165, 1.54) is 4.79 Å². The van der Waals surface area contributed by atoms with Gasteiger partial charge < -0.3 is 4.74 Å². The largest absolute Gasteiger partial charge is 0.449 e. The smallest absolute Gasteiger partial charge is 0.427 e. The Balaban J connectivity index is 2.31. The lowest BCUT2D eigenvalue weighted by atomic mass is 10.2. The van der Waals surface area contributed by atoms with Gasteiger partial charge >= 0.3 is 6.09 Å². The van der Waals surface area contributed by atoms with Crippen LogP contribution in [0.5, 0.6) is 0 Å². The van der Waals surface area contributed by atoms with Crippen molar-refractivity contribution >= 4 is 17.0 Å². The Morgan fingerprint density at radius 2 is 2.25 bits per heavy atom. The SMILES string of the molecule is CCOC(=O)Nn1nc2ccccc2c1C. The van der Waals surface area contributed by atoms with Crippen LogP contribution in [0.25, 0.3) is 10.9 Å². The maximum atomic E-state index is 11.2. The van der Waals surface area contributed by atoms with Crippen molar-refractivity contribution in [2.45, 2.75) is 13.8 Å². The van der Waals surface area contributed by atoms with Crippen molar-refractivity contribution in [1.29, 1.82) is 0 Å². The summed E-state index contributed by atoms with van der Waals surface area (Å²) in [5.41, 5.74) is 4.27. The molecule has 5 nitrogen and oxygen atoms in total. The van der Waals surface area contributed by atoms with Gasteiger partial charge in [-0.25, -0.2) is 10.2 Å². The molecule has 1 N–H and O–H groups in total. The number of aryl methyl sites for hydroxylation is 1. The summed E-state index contributed by atoms with van der Waals surface area (Å²) < 4.78 is 4.79. The van der Waals surface area contributed by atoms with Crippen molar-refractivity contribution in [1.82, 2.24) is 9.89 Å². The Bertz CT molecular complexity index is 519. The molecule has 0 radical (unpaired) electrons. The number of hydrogen-bond acceptors (Lipinski definition) is 3. The molecule has 0 saturated heterocycles. The summed E-state index contributed by atoms with van der Waals surface area (Å²) in [5, 5.41) is 5.25. The topological polar surface area (TPSA) is 56.1 Å². The number of fused-ring (bicyclic) bond motifs is 1. The van der Waals surface area contributed by atoms with Gasteiger partial charge in [-0.15, -0.1) is 0 Å². The molecule has 0 aliphatic heterocycles. The van der Waals surface area contributed by atoms with Crippen LogP contribution in [0, 0.1) is 6.92 Å². The van der Waals surface area contributed by atoms with Crippen molar-refractivity contribution < 1.29 is 9.53 Å². The predicted molar refractivity (Wildman–Crippen MR) is 60.9 cm³/mol. The average Bonchev–Trinajstić information content (AvgIpc) is 2.57. The van der Waals surface area contributed by atoms with Crippen LogP contribution >= 0.6 is 0 Å². The summed E-state index contributed by atoms with van der Waals surface area (Å²) in [4.78, 5) is 12.7. The van der Waals surface area contributed by atoms with E-state index in [9.17, 15) is 4.79 Å². The Kier molecular flexibility index (Phi) is 2.76. The quantitative estimate of drug-likeness (QED) is 0.840. The van der Waals surface area contributed by atoms with Gasteiger partial charge in [0.1, 0.15) is 0 Å². The van der Waals surface area contributed by atoms with Crippen LogP contribution in [0.3, 0.4) is 0 Å². The highest BCUT2D eigenvalue weighted by Gasteiger charge is 2.08. The van der Waals surface area contributed by atoms with E-state index in [0.29, 0.717) is 6.61 Å². The standard InChI is InChI=1S/C11H13N3O2/c1-3-16-11(15)13-14-8(2)9-6-4-5-7-10(9)12-14/h4-7H,3H2,1-2H3,(H,13,15). The van der Waals surface area contributed by atoms with E-state index in [1.54, 1.807) is 6.92 Å². The summed E-state index contributed by atoms with van der Waals surface area (Å²) in [7, 11) is 0. The maximum absolute atomic E-state index is 11.2. The Hall–Kier alpha value is -2.04.